The fourth-order valence-corrected chi connectivity index (χ4v) is 3.14. The van der Waals surface area contributed by atoms with Crippen molar-refractivity contribution in [2.75, 3.05) is 25.5 Å². The summed E-state index contributed by atoms with van der Waals surface area (Å²) in [5.74, 6) is -4.81. The molecule has 1 saturated carbocycles. The summed E-state index contributed by atoms with van der Waals surface area (Å²) in [5, 5.41) is 5.16. The monoisotopic (exact) mass is 371 g/mol. The molecule has 0 aliphatic heterocycles. The van der Waals surface area contributed by atoms with Crippen molar-refractivity contribution in [1.82, 2.24) is 10.2 Å². The number of benzene rings is 1. The highest BCUT2D eigenvalue weighted by molar-refractivity contribution is 5.92. The zero-order valence-electron chi connectivity index (χ0n) is 14.9. The number of amides is 2. The minimum Gasteiger partial charge on any atom is -0.352 e. The van der Waals surface area contributed by atoms with Crippen molar-refractivity contribution in [3.8, 4) is 0 Å². The zero-order chi connectivity index (χ0) is 19.3. The van der Waals surface area contributed by atoms with E-state index in [2.05, 4.69) is 17.6 Å². The maximum Gasteiger partial charge on any atom is 0.238 e. The highest BCUT2D eigenvalue weighted by Gasteiger charge is 2.23. The summed E-state index contributed by atoms with van der Waals surface area (Å²) in [7, 11) is 1.57. The Bertz CT molecular complexity index is 669. The third kappa shape index (κ3) is 5.45. The largest absolute Gasteiger partial charge is 0.352 e. The number of anilines is 1. The van der Waals surface area contributed by atoms with Gasteiger partial charge in [-0.1, -0.05) is 19.8 Å². The van der Waals surface area contributed by atoms with Crippen molar-refractivity contribution in [2.24, 2.45) is 5.92 Å². The quantitative estimate of drug-likeness (QED) is 0.756. The third-order valence-corrected chi connectivity index (χ3v) is 4.59. The highest BCUT2D eigenvalue weighted by Crippen LogP contribution is 2.23. The Hall–Kier alpha value is -2.09. The van der Waals surface area contributed by atoms with Crippen molar-refractivity contribution < 1.29 is 22.8 Å². The number of carbonyl (C=O) groups excluding carboxylic acids is 2. The molecule has 1 aliphatic rings. The van der Waals surface area contributed by atoms with E-state index in [1.54, 1.807) is 7.05 Å². The molecule has 1 aliphatic carbocycles. The van der Waals surface area contributed by atoms with E-state index in [1.807, 2.05) is 0 Å². The maximum absolute atomic E-state index is 13.6. The van der Waals surface area contributed by atoms with Crippen molar-refractivity contribution in [3.05, 3.63) is 29.6 Å². The van der Waals surface area contributed by atoms with Gasteiger partial charge in [-0.3, -0.25) is 14.5 Å². The van der Waals surface area contributed by atoms with Gasteiger partial charge in [0, 0.05) is 6.04 Å². The molecular formula is C18H24F3N3O2. The summed E-state index contributed by atoms with van der Waals surface area (Å²) in [6.07, 6.45) is 4.30. The fourth-order valence-electron chi connectivity index (χ4n) is 3.14. The minimum absolute atomic E-state index is 0.0108. The van der Waals surface area contributed by atoms with E-state index in [0.717, 1.165) is 31.4 Å². The van der Waals surface area contributed by atoms with Crippen LogP contribution in [0.5, 0.6) is 0 Å². The Morgan fingerprint density at radius 3 is 2.42 bits per heavy atom. The molecule has 2 N–H and O–H groups in total. The van der Waals surface area contributed by atoms with Crippen LogP contribution in [0.3, 0.4) is 0 Å². The first-order chi connectivity index (χ1) is 12.3. The maximum atomic E-state index is 13.6. The van der Waals surface area contributed by atoms with E-state index >= 15 is 0 Å². The van der Waals surface area contributed by atoms with Crippen molar-refractivity contribution in [1.29, 1.82) is 0 Å². The number of rotatable bonds is 6. The van der Waals surface area contributed by atoms with Gasteiger partial charge < -0.3 is 10.6 Å². The van der Waals surface area contributed by atoms with Gasteiger partial charge >= 0.3 is 0 Å². The second-order valence-electron chi connectivity index (χ2n) is 6.88. The lowest BCUT2D eigenvalue weighted by molar-refractivity contribution is -0.124. The molecule has 2 atom stereocenters. The number of hydrogen-bond acceptors (Lipinski definition) is 3. The first-order valence-corrected chi connectivity index (χ1v) is 8.69. The normalized spacial score (nSPS) is 20.1. The molecule has 0 heterocycles. The van der Waals surface area contributed by atoms with Crippen LogP contribution < -0.4 is 10.6 Å². The molecule has 5 nitrogen and oxygen atoms in total. The number of nitrogens with one attached hydrogen (secondary N) is 2. The molecule has 0 radical (unpaired) electrons. The minimum atomic E-state index is -1.64. The number of likely N-dealkylation sites (N-methyl/N-ethyl adjacent to an activating group) is 1. The zero-order valence-corrected chi connectivity index (χ0v) is 14.9. The molecular weight excluding hydrogens is 347 g/mol. The third-order valence-electron chi connectivity index (χ3n) is 4.59. The van der Waals surface area contributed by atoms with Crippen LogP contribution in [0.4, 0.5) is 18.9 Å². The Morgan fingerprint density at radius 1 is 1.08 bits per heavy atom. The summed E-state index contributed by atoms with van der Waals surface area (Å²) in [6, 6.07) is 1.83. The van der Waals surface area contributed by atoms with Crippen LogP contribution in [-0.2, 0) is 9.59 Å². The van der Waals surface area contributed by atoms with E-state index < -0.39 is 29.0 Å². The molecule has 1 aromatic rings. The first kappa shape index (κ1) is 20.2. The number of nitrogens with zero attached hydrogens (tertiary/aromatic N) is 1. The van der Waals surface area contributed by atoms with Crippen LogP contribution in [0.1, 0.15) is 32.6 Å². The summed E-state index contributed by atoms with van der Waals surface area (Å²) in [5.41, 5.74) is -0.442. The predicted molar refractivity (Wildman–Crippen MR) is 92.0 cm³/mol. The molecule has 2 amide bonds. The molecule has 0 aromatic heterocycles. The van der Waals surface area contributed by atoms with Gasteiger partial charge in [0.15, 0.2) is 17.5 Å². The van der Waals surface area contributed by atoms with Crippen molar-refractivity contribution >= 4 is 17.5 Å². The number of carbonyl (C=O) groups is 2. The highest BCUT2D eigenvalue weighted by atomic mass is 19.2. The van der Waals surface area contributed by atoms with Crippen LogP contribution in [0, 0.1) is 23.4 Å². The molecule has 1 aromatic carbocycles. The Morgan fingerprint density at radius 2 is 1.73 bits per heavy atom. The van der Waals surface area contributed by atoms with Gasteiger partial charge in [-0.25, -0.2) is 13.2 Å². The van der Waals surface area contributed by atoms with E-state index in [9.17, 15) is 22.8 Å². The summed E-state index contributed by atoms with van der Waals surface area (Å²) < 4.78 is 39.6. The van der Waals surface area contributed by atoms with Gasteiger partial charge in [-0.15, -0.1) is 0 Å². The Balaban J connectivity index is 1.81. The SMILES string of the molecule is C[C@@H]1CCCC[C@H]1NC(=O)CN(C)CC(=O)Nc1ccc(F)c(F)c1F. The topological polar surface area (TPSA) is 61.4 Å². The van der Waals surface area contributed by atoms with Gasteiger partial charge in [-0.2, -0.15) is 0 Å². The lowest BCUT2D eigenvalue weighted by Crippen LogP contribution is -2.46. The van der Waals surface area contributed by atoms with Gasteiger partial charge in [0.1, 0.15) is 0 Å². The second-order valence-corrected chi connectivity index (χ2v) is 6.88. The van der Waals surface area contributed by atoms with Gasteiger partial charge in [0.25, 0.3) is 0 Å². The Labute approximate surface area is 150 Å². The van der Waals surface area contributed by atoms with Crippen molar-refractivity contribution in [3.63, 3.8) is 0 Å². The lowest BCUT2D eigenvalue weighted by Gasteiger charge is -2.30. The molecule has 0 unspecified atom stereocenters. The van der Waals surface area contributed by atoms with Gasteiger partial charge in [-0.05, 0) is 37.9 Å². The number of hydrogen-bond donors (Lipinski definition) is 2. The summed E-state index contributed by atoms with van der Waals surface area (Å²) in [4.78, 5) is 25.5. The molecule has 2 rings (SSSR count). The molecule has 0 bridgehead atoms. The average molecular weight is 371 g/mol. The number of halogens is 3. The molecule has 26 heavy (non-hydrogen) atoms. The van der Waals surface area contributed by atoms with Crippen LogP contribution in [0.15, 0.2) is 12.1 Å². The second kappa shape index (κ2) is 9.02. The smallest absolute Gasteiger partial charge is 0.238 e. The Kier molecular flexibility index (Phi) is 7.02. The van der Waals surface area contributed by atoms with Crippen LogP contribution >= 0.6 is 0 Å². The van der Waals surface area contributed by atoms with Crippen LogP contribution in [0.2, 0.25) is 0 Å². The predicted octanol–water partition coefficient (Wildman–Crippen LogP) is 2.67. The molecule has 0 saturated heterocycles. The summed E-state index contributed by atoms with van der Waals surface area (Å²) >= 11 is 0. The van der Waals surface area contributed by atoms with Crippen LogP contribution in [-0.4, -0.2) is 42.9 Å². The molecule has 1 fully saturated rings. The summed E-state index contributed by atoms with van der Waals surface area (Å²) in [6.45, 7) is 1.93. The fraction of sp³-hybridized carbons (Fsp3) is 0.556. The standard InChI is InChI=1S/C18H24F3N3O2/c1-11-5-3-4-6-13(11)22-15(25)9-24(2)10-16(26)23-14-8-7-12(19)17(20)18(14)21/h7-8,11,13H,3-6,9-10H2,1-2H3,(H,22,25)(H,23,26)/t11-,13-/m1/s1. The van der Waals surface area contributed by atoms with Gasteiger partial charge in [0.2, 0.25) is 11.8 Å². The molecule has 144 valence electrons. The van der Waals surface area contributed by atoms with E-state index in [0.29, 0.717) is 5.92 Å². The van der Waals surface area contributed by atoms with E-state index in [4.69, 9.17) is 0 Å². The first-order valence-electron chi connectivity index (χ1n) is 8.69. The average Bonchev–Trinajstić information content (AvgIpc) is 2.57. The molecule has 8 heteroatoms. The van der Waals surface area contributed by atoms with Crippen LogP contribution in [0.25, 0.3) is 0 Å². The van der Waals surface area contributed by atoms with E-state index in [1.165, 1.54) is 11.3 Å². The van der Waals surface area contributed by atoms with Gasteiger partial charge in [0.05, 0.1) is 18.8 Å². The molecule has 0 spiro atoms. The lowest BCUT2D eigenvalue weighted by atomic mass is 9.86. The van der Waals surface area contributed by atoms with Crippen molar-refractivity contribution in [2.45, 2.75) is 38.6 Å². The van der Waals surface area contributed by atoms with E-state index in [-0.39, 0.29) is 25.0 Å².